The summed E-state index contributed by atoms with van der Waals surface area (Å²) in [6.07, 6.45) is 4.09. The van der Waals surface area contributed by atoms with E-state index in [2.05, 4.69) is 4.99 Å². The molecule has 0 radical (unpaired) electrons. The molecule has 0 saturated carbocycles. The Hall–Kier alpha value is -2.07. The van der Waals surface area contributed by atoms with Gasteiger partial charge in [-0.25, -0.2) is 0 Å². The van der Waals surface area contributed by atoms with Gasteiger partial charge in [0, 0.05) is 35.4 Å². The summed E-state index contributed by atoms with van der Waals surface area (Å²) in [6, 6.07) is 16.9. The molecule has 0 bridgehead atoms. The van der Waals surface area contributed by atoms with Gasteiger partial charge in [-0.15, -0.1) is 0 Å². The third kappa shape index (κ3) is 4.70. The van der Waals surface area contributed by atoms with Gasteiger partial charge < -0.3 is 0 Å². The maximum absolute atomic E-state index is 12.7. The van der Waals surface area contributed by atoms with Crippen molar-refractivity contribution in [2.45, 2.75) is 18.2 Å². The summed E-state index contributed by atoms with van der Waals surface area (Å²) in [5.41, 5.74) is 1.57. The monoisotopic (exact) mass is 327 g/mol. The zero-order chi connectivity index (χ0) is 16.7. The first-order valence-corrected chi connectivity index (χ1v) is 9.20. The summed E-state index contributed by atoms with van der Waals surface area (Å²) in [4.78, 5) is 17.7. The standard InChI is InChI=1S/C19H21NO2S/c1-3-16(14-20-13-15-9-5-4-6-10-15)19(21)17-11-7-8-12-18(17)23(2)22/h4-13,16H,3,14H2,1-2H3. The van der Waals surface area contributed by atoms with Crippen LogP contribution in [0.15, 0.2) is 64.5 Å². The summed E-state index contributed by atoms with van der Waals surface area (Å²) in [5, 5.41) is 0. The van der Waals surface area contributed by atoms with Gasteiger partial charge in [-0.3, -0.25) is 14.0 Å². The van der Waals surface area contributed by atoms with E-state index in [0.29, 0.717) is 23.4 Å². The molecule has 4 heteroatoms. The Balaban J connectivity index is 2.13. The van der Waals surface area contributed by atoms with Crippen molar-refractivity contribution < 1.29 is 9.00 Å². The number of carbonyl (C=O) groups is 1. The van der Waals surface area contributed by atoms with Crippen molar-refractivity contribution in [2.24, 2.45) is 10.9 Å². The summed E-state index contributed by atoms with van der Waals surface area (Å²) >= 11 is 0. The summed E-state index contributed by atoms with van der Waals surface area (Å²) < 4.78 is 11.8. The molecule has 0 fully saturated rings. The van der Waals surface area contributed by atoms with Crippen LogP contribution in [0, 0.1) is 5.92 Å². The van der Waals surface area contributed by atoms with Crippen LogP contribution in [0.1, 0.15) is 29.3 Å². The minimum atomic E-state index is -1.17. The highest BCUT2D eigenvalue weighted by molar-refractivity contribution is 7.84. The molecule has 2 aromatic carbocycles. The van der Waals surface area contributed by atoms with Crippen molar-refractivity contribution in [3.63, 3.8) is 0 Å². The maximum atomic E-state index is 12.7. The van der Waals surface area contributed by atoms with Crippen LogP contribution in [-0.2, 0) is 10.8 Å². The lowest BCUT2D eigenvalue weighted by Crippen LogP contribution is -2.19. The fourth-order valence-corrected chi connectivity index (χ4v) is 3.11. The molecule has 0 aromatic heterocycles. The fourth-order valence-electron chi connectivity index (χ4n) is 2.36. The molecule has 0 saturated heterocycles. The molecule has 0 aliphatic heterocycles. The van der Waals surface area contributed by atoms with Crippen LogP contribution in [0.3, 0.4) is 0 Å². The molecular formula is C19H21NO2S. The van der Waals surface area contributed by atoms with E-state index in [0.717, 1.165) is 5.56 Å². The first-order chi connectivity index (χ1) is 11.1. The number of rotatable bonds is 7. The Morgan fingerprint density at radius 2 is 1.78 bits per heavy atom. The SMILES string of the molecule is CCC(CN=Cc1ccccc1)C(=O)c1ccccc1S(C)=O. The lowest BCUT2D eigenvalue weighted by Gasteiger charge is -2.13. The molecule has 0 N–H and O–H groups in total. The Kier molecular flexibility index (Phi) is 6.41. The van der Waals surface area contributed by atoms with Crippen molar-refractivity contribution in [3.05, 3.63) is 65.7 Å². The minimum Gasteiger partial charge on any atom is -0.294 e. The molecule has 0 spiro atoms. The summed E-state index contributed by atoms with van der Waals surface area (Å²) in [5.74, 6) is -0.178. The third-order valence-corrected chi connectivity index (χ3v) is 4.67. The molecule has 2 aromatic rings. The maximum Gasteiger partial charge on any atom is 0.168 e. The Morgan fingerprint density at radius 1 is 1.13 bits per heavy atom. The van der Waals surface area contributed by atoms with E-state index in [1.54, 1.807) is 24.6 Å². The van der Waals surface area contributed by atoms with Gasteiger partial charge in [-0.1, -0.05) is 55.5 Å². The second-order valence-corrected chi connectivity index (χ2v) is 6.67. The second-order valence-electron chi connectivity index (χ2n) is 5.32. The van der Waals surface area contributed by atoms with Crippen LogP contribution < -0.4 is 0 Å². The molecule has 120 valence electrons. The highest BCUT2D eigenvalue weighted by atomic mass is 32.2. The van der Waals surface area contributed by atoms with Gasteiger partial charge in [0.25, 0.3) is 0 Å². The molecule has 0 aliphatic carbocycles. The van der Waals surface area contributed by atoms with E-state index in [1.165, 1.54) is 0 Å². The fraction of sp³-hybridized carbons (Fsp3) is 0.263. The van der Waals surface area contributed by atoms with Crippen molar-refractivity contribution in [2.75, 3.05) is 12.8 Å². The van der Waals surface area contributed by atoms with Gasteiger partial charge in [-0.05, 0) is 18.1 Å². The van der Waals surface area contributed by atoms with Crippen LogP contribution in [0.5, 0.6) is 0 Å². The topological polar surface area (TPSA) is 46.5 Å². The minimum absolute atomic E-state index is 0.0171. The first kappa shape index (κ1) is 17.3. The predicted molar refractivity (Wildman–Crippen MR) is 95.8 cm³/mol. The third-order valence-electron chi connectivity index (χ3n) is 3.69. The van der Waals surface area contributed by atoms with E-state index in [1.807, 2.05) is 49.4 Å². The van der Waals surface area contributed by atoms with Crippen LogP contribution in [-0.4, -0.2) is 29.0 Å². The smallest absolute Gasteiger partial charge is 0.168 e. The molecule has 2 unspecified atom stereocenters. The van der Waals surface area contributed by atoms with Crippen LogP contribution in [0.2, 0.25) is 0 Å². The largest absolute Gasteiger partial charge is 0.294 e. The van der Waals surface area contributed by atoms with Gasteiger partial charge in [0.2, 0.25) is 0 Å². The summed E-state index contributed by atoms with van der Waals surface area (Å²) in [7, 11) is -1.17. The summed E-state index contributed by atoms with van der Waals surface area (Å²) in [6.45, 7) is 2.42. The quantitative estimate of drug-likeness (QED) is 0.574. The molecular weight excluding hydrogens is 306 g/mol. The first-order valence-electron chi connectivity index (χ1n) is 7.65. The van der Waals surface area contributed by atoms with Gasteiger partial charge in [0.05, 0.1) is 10.8 Å². The molecule has 0 heterocycles. The Bertz CT molecular complexity index is 710. The number of hydrogen-bond donors (Lipinski definition) is 0. The number of nitrogens with zero attached hydrogens (tertiary/aromatic N) is 1. The number of benzene rings is 2. The molecule has 2 rings (SSSR count). The molecule has 2 atom stereocenters. The van der Waals surface area contributed by atoms with E-state index in [4.69, 9.17) is 0 Å². The van der Waals surface area contributed by atoms with E-state index in [-0.39, 0.29) is 11.7 Å². The molecule has 23 heavy (non-hydrogen) atoms. The highest BCUT2D eigenvalue weighted by Gasteiger charge is 2.21. The van der Waals surface area contributed by atoms with E-state index >= 15 is 0 Å². The molecule has 0 aliphatic rings. The van der Waals surface area contributed by atoms with Crippen molar-refractivity contribution in [1.29, 1.82) is 0 Å². The van der Waals surface area contributed by atoms with Crippen LogP contribution in [0.4, 0.5) is 0 Å². The van der Waals surface area contributed by atoms with Gasteiger partial charge in [0.1, 0.15) is 0 Å². The van der Waals surface area contributed by atoms with Crippen LogP contribution >= 0.6 is 0 Å². The van der Waals surface area contributed by atoms with Crippen molar-refractivity contribution >= 4 is 22.8 Å². The number of Topliss-reactive ketones (excluding diaryl/α,β-unsaturated/α-hetero) is 1. The van der Waals surface area contributed by atoms with Gasteiger partial charge >= 0.3 is 0 Å². The number of carbonyl (C=O) groups excluding carboxylic acids is 1. The van der Waals surface area contributed by atoms with Crippen molar-refractivity contribution in [3.8, 4) is 0 Å². The molecule has 3 nitrogen and oxygen atoms in total. The zero-order valence-corrected chi connectivity index (χ0v) is 14.3. The number of ketones is 1. The van der Waals surface area contributed by atoms with Gasteiger partial charge in [0.15, 0.2) is 5.78 Å². The number of hydrogen-bond acceptors (Lipinski definition) is 3. The van der Waals surface area contributed by atoms with Crippen molar-refractivity contribution in [1.82, 2.24) is 0 Å². The Labute approximate surface area is 139 Å². The highest BCUT2D eigenvalue weighted by Crippen LogP contribution is 2.19. The normalized spacial score (nSPS) is 13.8. The van der Waals surface area contributed by atoms with Crippen LogP contribution in [0.25, 0.3) is 0 Å². The predicted octanol–water partition coefficient (Wildman–Crippen LogP) is 3.75. The average Bonchev–Trinajstić information content (AvgIpc) is 2.59. The van der Waals surface area contributed by atoms with E-state index < -0.39 is 10.8 Å². The molecule has 0 amide bonds. The van der Waals surface area contributed by atoms with Gasteiger partial charge in [-0.2, -0.15) is 0 Å². The second kappa shape index (κ2) is 8.53. The average molecular weight is 327 g/mol. The zero-order valence-electron chi connectivity index (χ0n) is 13.4. The number of aliphatic imine (C=N–C) groups is 1. The lowest BCUT2D eigenvalue weighted by molar-refractivity contribution is 0.0918. The lowest BCUT2D eigenvalue weighted by atomic mass is 9.95. The van der Waals surface area contributed by atoms with E-state index in [9.17, 15) is 9.00 Å². The Morgan fingerprint density at radius 3 is 2.43 bits per heavy atom.